The Morgan fingerprint density at radius 1 is 1.00 bits per heavy atom. The highest BCUT2D eigenvalue weighted by Gasteiger charge is 2.20. The highest BCUT2D eigenvalue weighted by atomic mass is 32.2. The zero-order valence-electron chi connectivity index (χ0n) is 12.5. The summed E-state index contributed by atoms with van der Waals surface area (Å²) in [5, 5.41) is 7.28. The molecule has 118 valence electrons. The van der Waals surface area contributed by atoms with Crippen molar-refractivity contribution in [3.05, 3.63) is 49.1 Å². The Morgan fingerprint density at radius 3 is 2.75 bits per heavy atom. The Bertz CT molecular complexity index is 950. The summed E-state index contributed by atoms with van der Waals surface area (Å²) in [5.74, 6) is 1.20. The van der Waals surface area contributed by atoms with Gasteiger partial charge in [-0.05, 0) is 19.1 Å². The molecule has 0 saturated heterocycles. The van der Waals surface area contributed by atoms with Gasteiger partial charge in [0.25, 0.3) is 0 Å². The van der Waals surface area contributed by atoms with Gasteiger partial charge in [-0.2, -0.15) is 5.10 Å². The summed E-state index contributed by atoms with van der Waals surface area (Å²) >= 11 is 1.29. The van der Waals surface area contributed by atoms with Gasteiger partial charge in [0, 0.05) is 18.1 Å². The molecule has 0 aromatic carbocycles. The van der Waals surface area contributed by atoms with Crippen LogP contribution < -0.4 is 4.31 Å². The molecule has 4 aromatic rings. The molecule has 0 aliphatic rings. The van der Waals surface area contributed by atoms with Crippen LogP contribution in [0.5, 0.6) is 0 Å². The molecule has 10 heteroatoms. The maximum Gasteiger partial charge on any atom is 0.204 e. The molecule has 0 aliphatic heterocycles. The van der Waals surface area contributed by atoms with E-state index in [1.807, 2.05) is 19.1 Å². The Labute approximate surface area is 140 Å². The zero-order valence-corrected chi connectivity index (χ0v) is 13.3. The summed E-state index contributed by atoms with van der Waals surface area (Å²) < 4.78 is 1.80. The van der Waals surface area contributed by atoms with Gasteiger partial charge in [0.1, 0.15) is 18.2 Å². The molecule has 0 spiro atoms. The fraction of sp³-hybridized carbons (Fsp3) is 0.0714. The van der Waals surface area contributed by atoms with Crippen LogP contribution in [0.2, 0.25) is 0 Å². The molecule has 0 aliphatic carbocycles. The summed E-state index contributed by atoms with van der Waals surface area (Å²) in [6.07, 6.45) is 8.01. The van der Waals surface area contributed by atoms with Crippen molar-refractivity contribution in [3.8, 4) is 0 Å². The summed E-state index contributed by atoms with van der Waals surface area (Å²) in [7, 11) is 0. The van der Waals surface area contributed by atoms with Crippen LogP contribution in [-0.4, -0.2) is 40.1 Å². The summed E-state index contributed by atoms with van der Waals surface area (Å²) in [4.78, 5) is 25.9. The minimum atomic E-state index is 0.597. The van der Waals surface area contributed by atoms with Crippen LogP contribution in [0.15, 0.2) is 48.5 Å². The molecule has 0 saturated carbocycles. The molecule has 0 fully saturated rings. The van der Waals surface area contributed by atoms with Crippen molar-refractivity contribution in [2.45, 2.75) is 12.1 Å². The molecule has 0 bridgehead atoms. The number of rotatable bonds is 4. The van der Waals surface area contributed by atoms with E-state index in [9.17, 15) is 0 Å². The molecule has 9 nitrogen and oxygen atoms in total. The number of H-pyrrole nitrogens is 1. The molecule has 0 radical (unpaired) electrons. The standard InChI is InChI=1S/C14H11N9S/c1-9-5-17-11(6-16-9)23(24-14-20-8-21-22-14)13-12-10(18-7-19-13)3-2-4-15-12/h2-8H,1H3,(H,20,21,22). The first-order valence-electron chi connectivity index (χ1n) is 6.99. The number of anilines is 2. The van der Waals surface area contributed by atoms with Gasteiger partial charge in [0.2, 0.25) is 5.16 Å². The third-order valence-electron chi connectivity index (χ3n) is 3.11. The van der Waals surface area contributed by atoms with Crippen molar-refractivity contribution < 1.29 is 0 Å². The minimum Gasteiger partial charge on any atom is -0.256 e. The van der Waals surface area contributed by atoms with Gasteiger partial charge in [-0.25, -0.2) is 24.2 Å². The van der Waals surface area contributed by atoms with E-state index in [1.165, 1.54) is 24.6 Å². The van der Waals surface area contributed by atoms with E-state index in [0.29, 0.717) is 22.3 Å². The van der Waals surface area contributed by atoms with Crippen molar-refractivity contribution in [2.24, 2.45) is 0 Å². The average Bonchev–Trinajstić information content (AvgIpc) is 3.13. The summed E-state index contributed by atoms with van der Waals surface area (Å²) in [6.45, 7) is 1.88. The highest BCUT2D eigenvalue weighted by molar-refractivity contribution is 8.00. The number of aryl methyl sites for hydroxylation is 1. The monoisotopic (exact) mass is 337 g/mol. The topological polar surface area (TPSA) is 109 Å². The Balaban J connectivity index is 1.86. The van der Waals surface area contributed by atoms with Crippen molar-refractivity contribution in [1.82, 2.24) is 40.1 Å². The second-order valence-corrected chi connectivity index (χ2v) is 5.70. The average molecular weight is 337 g/mol. The Morgan fingerprint density at radius 2 is 1.96 bits per heavy atom. The first kappa shape index (κ1) is 14.5. The smallest absolute Gasteiger partial charge is 0.204 e. The molecule has 24 heavy (non-hydrogen) atoms. The highest BCUT2D eigenvalue weighted by Crippen LogP contribution is 2.35. The second kappa shape index (κ2) is 6.16. The summed E-state index contributed by atoms with van der Waals surface area (Å²) in [6, 6.07) is 3.71. The lowest BCUT2D eigenvalue weighted by molar-refractivity contribution is 0.970. The van der Waals surface area contributed by atoms with Gasteiger partial charge in [0.05, 0.1) is 23.6 Å². The van der Waals surface area contributed by atoms with E-state index in [1.54, 1.807) is 22.9 Å². The Kier molecular flexibility index (Phi) is 3.71. The van der Waals surface area contributed by atoms with Crippen LogP contribution in [0.3, 0.4) is 0 Å². The number of nitrogens with zero attached hydrogens (tertiary/aromatic N) is 8. The SMILES string of the molecule is Cc1cnc(N(Sc2ncn[nH]2)c2ncnc3cccnc23)cn1. The van der Waals surface area contributed by atoms with Crippen LogP contribution in [0.1, 0.15) is 5.69 Å². The van der Waals surface area contributed by atoms with E-state index in [4.69, 9.17) is 0 Å². The minimum absolute atomic E-state index is 0.597. The predicted octanol–water partition coefficient (Wildman–Crippen LogP) is 2.09. The lowest BCUT2D eigenvalue weighted by atomic mass is 10.3. The third kappa shape index (κ3) is 2.74. The van der Waals surface area contributed by atoms with Gasteiger partial charge in [0.15, 0.2) is 11.6 Å². The molecule has 4 heterocycles. The van der Waals surface area contributed by atoms with E-state index in [2.05, 4.69) is 40.1 Å². The van der Waals surface area contributed by atoms with Crippen LogP contribution in [0.25, 0.3) is 11.0 Å². The quantitative estimate of drug-likeness (QED) is 0.560. The van der Waals surface area contributed by atoms with Gasteiger partial charge in [-0.3, -0.25) is 15.1 Å². The molecule has 1 N–H and O–H groups in total. The van der Waals surface area contributed by atoms with E-state index in [-0.39, 0.29) is 0 Å². The van der Waals surface area contributed by atoms with Crippen LogP contribution in [0.4, 0.5) is 11.6 Å². The third-order valence-corrected chi connectivity index (χ3v) is 4.03. The lowest BCUT2D eigenvalue weighted by Gasteiger charge is -2.20. The number of nitrogens with one attached hydrogen (secondary N) is 1. The largest absolute Gasteiger partial charge is 0.256 e. The fourth-order valence-electron chi connectivity index (χ4n) is 2.04. The molecular formula is C14H11N9S. The lowest BCUT2D eigenvalue weighted by Crippen LogP contribution is -2.12. The maximum atomic E-state index is 4.43. The predicted molar refractivity (Wildman–Crippen MR) is 88.5 cm³/mol. The van der Waals surface area contributed by atoms with E-state index < -0.39 is 0 Å². The van der Waals surface area contributed by atoms with Gasteiger partial charge < -0.3 is 0 Å². The van der Waals surface area contributed by atoms with Crippen molar-refractivity contribution >= 4 is 34.6 Å². The number of hydrogen-bond donors (Lipinski definition) is 1. The zero-order chi connectivity index (χ0) is 16.4. The normalized spacial score (nSPS) is 10.9. The second-order valence-electron chi connectivity index (χ2n) is 4.76. The van der Waals surface area contributed by atoms with Gasteiger partial charge in [-0.15, -0.1) is 0 Å². The molecule has 4 aromatic heterocycles. The van der Waals surface area contributed by atoms with Gasteiger partial charge in [-0.1, -0.05) is 0 Å². The van der Waals surface area contributed by atoms with E-state index >= 15 is 0 Å². The number of fused-ring (bicyclic) bond motifs is 1. The Hall–Kier alpha value is -3.14. The fourth-order valence-corrected chi connectivity index (χ4v) is 2.81. The molecule has 0 atom stereocenters. The number of aromatic nitrogens is 8. The van der Waals surface area contributed by atoms with Crippen molar-refractivity contribution in [1.29, 1.82) is 0 Å². The number of pyridine rings is 1. The maximum absolute atomic E-state index is 4.43. The first-order valence-corrected chi connectivity index (χ1v) is 7.76. The van der Waals surface area contributed by atoms with Crippen LogP contribution in [-0.2, 0) is 0 Å². The van der Waals surface area contributed by atoms with Crippen LogP contribution >= 0.6 is 11.9 Å². The first-order chi connectivity index (χ1) is 11.8. The molecular weight excluding hydrogens is 326 g/mol. The van der Waals surface area contributed by atoms with E-state index in [0.717, 1.165) is 11.2 Å². The van der Waals surface area contributed by atoms with Crippen molar-refractivity contribution in [3.63, 3.8) is 0 Å². The number of hydrogen-bond acceptors (Lipinski definition) is 9. The summed E-state index contributed by atoms with van der Waals surface area (Å²) in [5.41, 5.74) is 2.23. The van der Waals surface area contributed by atoms with Crippen molar-refractivity contribution in [2.75, 3.05) is 4.31 Å². The molecule has 0 amide bonds. The molecule has 4 rings (SSSR count). The molecule has 0 unspecified atom stereocenters. The number of aromatic amines is 1. The van der Waals surface area contributed by atoms with Crippen LogP contribution in [0, 0.1) is 6.92 Å². The van der Waals surface area contributed by atoms with Gasteiger partial charge >= 0.3 is 0 Å².